The highest BCUT2D eigenvalue weighted by Gasteiger charge is 2.22. The first kappa shape index (κ1) is 20.1. The molecule has 0 heterocycles. The van der Waals surface area contributed by atoms with Gasteiger partial charge in [-0.05, 0) is 42.3 Å². The zero-order valence-corrected chi connectivity index (χ0v) is 16.5. The monoisotopic (exact) mass is 388 g/mol. The van der Waals surface area contributed by atoms with Crippen molar-refractivity contribution >= 4 is 23.4 Å². The molecular weight excluding hydrogens is 364 g/mol. The van der Waals surface area contributed by atoms with Gasteiger partial charge in [-0.15, -0.1) is 0 Å². The molecule has 3 aromatic carbocycles. The van der Waals surface area contributed by atoms with Gasteiger partial charge in [0.1, 0.15) is 0 Å². The van der Waals surface area contributed by atoms with Crippen molar-refractivity contribution in [2.45, 2.75) is 12.8 Å². The summed E-state index contributed by atoms with van der Waals surface area (Å²) in [7, 11) is 1.65. The van der Waals surface area contributed by atoms with E-state index in [9.17, 15) is 9.59 Å². The molecule has 3 rings (SSSR count). The molecule has 5 heteroatoms. The minimum atomic E-state index is -0.419. The molecule has 3 aromatic rings. The van der Waals surface area contributed by atoms with E-state index >= 15 is 0 Å². The highest BCUT2D eigenvalue weighted by molar-refractivity contribution is 5.98. The van der Waals surface area contributed by atoms with Crippen LogP contribution in [0.4, 0.5) is 16.2 Å². The van der Waals surface area contributed by atoms with E-state index in [2.05, 4.69) is 5.32 Å². The normalized spacial score (nSPS) is 10.4. The van der Waals surface area contributed by atoms with Crippen LogP contribution in [0, 0.1) is 0 Å². The van der Waals surface area contributed by atoms with Gasteiger partial charge >= 0.3 is 6.09 Å². The van der Waals surface area contributed by atoms with Gasteiger partial charge in [-0.3, -0.25) is 9.69 Å². The second-order valence-electron chi connectivity index (χ2n) is 6.55. The van der Waals surface area contributed by atoms with Gasteiger partial charge in [0, 0.05) is 18.4 Å². The Balaban J connectivity index is 1.79. The summed E-state index contributed by atoms with van der Waals surface area (Å²) in [6.45, 7) is 2.08. The van der Waals surface area contributed by atoms with Gasteiger partial charge in [-0.1, -0.05) is 60.7 Å². The third-order valence-electron chi connectivity index (χ3n) is 4.59. The van der Waals surface area contributed by atoms with Crippen molar-refractivity contribution in [2.75, 3.05) is 23.9 Å². The third kappa shape index (κ3) is 5.02. The summed E-state index contributed by atoms with van der Waals surface area (Å²) in [5.74, 6) is -0.534. The first-order valence-corrected chi connectivity index (χ1v) is 9.51. The quantitative estimate of drug-likeness (QED) is 0.643. The zero-order valence-electron chi connectivity index (χ0n) is 16.5. The van der Waals surface area contributed by atoms with Crippen molar-refractivity contribution < 1.29 is 14.3 Å². The largest absolute Gasteiger partial charge is 0.449 e. The third-order valence-corrected chi connectivity index (χ3v) is 4.59. The molecule has 5 nitrogen and oxygen atoms in total. The van der Waals surface area contributed by atoms with E-state index in [1.165, 1.54) is 4.90 Å². The van der Waals surface area contributed by atoms with E-state index in [1.54, 1.807) is 38.2 Å². The van der Waals surface area contributed by atoms with Crippen molar-refractivity contribution in [1.29, 1.82) is 0 Å². The van der Waals surface area contributed by atoms with Crippen molar-refractivity contribution in [1.82, 2.24) is 0 Å². The number of ether oxygens (including phenoxy) is 1. The molecular formula is C24H24N2O3. The maximum absolute atomic E-state index is 13.1. The first-order valence-electron chi connectivity index (χ1n) is 9.51. The summed E-state index contributed by atoms with van der Waals surface area (Å²) in [6.07, 6.45) is -0.419. The Morgan fingerprint density at radius 3 is 1.86 bits per heavy atom. The number of rotatable bonds is 6. The lowest BCUT2D eigenvalue weighted by molar-refractivity contribution is -0.116. The molecule has 29 heavy (non-hydrogen) atoms. The summed E-state index contributed by atoms with van der Waals surface area (Å²) in [5, 5.41) is 2.99. The van der Waals surface area contributed by atoms with Crippen LogP contribution < -0.4 is 10.2 Å². The number of carbonyl (C=O) groups excluding carboxylic acids is 2. The number of carbonyl (C=O) groups is 2. The molecule has 0 atom stereocenters. The Bertz CT molecular complexity index is 901. The zero-order chi connectivity index (χ0) is 20.6. The molecule has 0 spiro atoms. The van der Waals surface area contributed by atoms with E-state index < -0.39 is 12.0 Å². The second kappa shape index (κ2) is 9.55. The highest BCUT2D eigenvalue weighted by atomic mass is 16.6. The van der Waals surface area contributed by atoms with E-state index in [1.807, 2.05) is 60.7 Å². The lowest BCUT2D eigenvalue weighted by Crippen LogP contribution is -2.27. The summed E-state index contributed by atoms with van der Waals surface area (Å²) in [6, 6.07) is 26.5. The van der Waals surface area contributed by atoms with Gasteiger partial charge in [-0.2, -0.15) is 0 Å². The molecule has 0 unspecified atom stereocenters. The fraction of sp³-hybridized carbons (Fsp3) is 0.167. The summed E-state index contributed by atoms with van der Waals surface area (Å²) < 4.78 is 5.00. The fourth-order valence-electron chi connectivity index (χ4n) is 3.09. The molecule has 0 radical (unpaired) electrons. The number of nitrogens with one attached hydrogen (secondary N) is 1. The predicted octanol–water partition coefficient (Wildman–Crippen LogP) is 5.05. The predicted molar refractivity (Wildman–Crippen MR) is 115 cm³/mol. The maximum atomic E-state index is 13.1. The summed E-state index contributed by atoms with van der Waals surface area (Å²) in [5.41, 5.74) is 3.20. The lowest BCUT2D eigenvalue weighted by atomic mass is 9.90. The summed E-state index contributed by atoms with van der Waals surface area (Å²) in [4.78, 5) is 26.4. The van der Waals surface area contributed by atoms with Crippen LogP contribution in [-0.4, -0.2) is 25.7 Å². The van der Waals surface area contributed by atoms with Crippen LogP contribution in [0.2, 0.25) is 0 Å². The fourth-order valence-corrected chi connectivity index (χ4v) is 3.09. The van der Waals surface area contributed by atoms with E-state index in [-0.39, 0.29) is 5.91 Å². The number of nitrogens with zero attached hydrogens (tertiary/aromatic N) is 1. The molecule has 0 bridgehead atoms. The molecule has 0 fully saturated rings. The highest BCUT2D eigenvalue weighted by Crippen LogP contribution is 2.27. The van der Waals surface area contributed by atoms with Crippen LogP contribution in [0.15, 0.2) is 84.9 Å². The van der Waals surface area contributed by atoms with Crippen LogP contribution in [-0.2, 0) is 9.53 Å². The van der Waals surface area contributed by atoms with Gasteiger partial charge in [0.25, 0.3) is 0 Å². The Kier molecular flexibility index (Phi) is 6.63. The maximum Gasteiger partial charge on any atom is 0.413 e. The Morgan fingerprint density at radius 2 is 1.38 bits per heavy atom. The first-order chi connectivity index (χ1) is 14.1. The molecule has 0 aromatic heterocycles. The molecule has 0 aliphatic carbocycles. The number of benzene rings is 3. The molecule has 148 valence electrons. The molecule has 1 N–H and O–H groups in total. The smallest absolute Gasteiger partial charge is 0.413 e. The van der Waals surface area contributed by atoms with Crippen molar-refractivity contribution in [3.05, 3.63) is 96.1 Å². The lowest BCUT2D eigenvalue weighted by Gasteiger charge is -2.19. The van der Waals surface area contributed by atoms with E-state index in [0.717, 1.165) is 11.1 Å². The average Bonchev–Trinajstić information content (AvgIpc) is 2.75. The molecule has 0 aliphatic heterocycles. The summed E-state index contributed by atoms with van der Waals surface area (Å²) >= 11 is 0. The van der Waals surface area contributed by atoms with Gasteiger partial charge in [0.05, 0.1) is 12.5 Å². The van der Waals surface area contributed by atoms with Crippen LogP contribution in [0.25, 0.3) is 0 Å². The average molecular weight is 388 g/mol. The van der Waals surface area contributed by atoms with Gasteiger partial charge in [-0.25, -0.2) is 4.79 Å². The number of hydrogen-bond acceptors (Lipinski definition) is 3. The Morgan fingerprint density at radius 1 is 0.862 bits per heavy atom. The molecule has 0 saturated carbocycles. The van der Waals surface area contributed by atoms with Crippen LogP contribution in [0.5, 0.6) is 0 Å². The molecule has 2 amide bonds. The standard InChI is InChI=1S/C24H24N2O3/c1-3-29-24(28)26(2)21-16-14-20(15-17-21)25-23(27)22(18-10-6-4-7-11-18)19-12-8-5-9-13-19/h4-17,22H,3H2,1-2H3,(H,25,27). The SMILES string of the molecule is CCOC(=O)N(C)c1ccc(NC(=O)C(c2ccccc2)c2ccccc2)cc1. The van der Waals surface area contributed by atoms with Crippen LogP contribution >= 0.6 is 0 Å². The van der Waals surface area contributed by atoms with Gasteiger partial charge in [0.15, 0.2) is 0 Å². The van der Waals surface area contributed by atoms with Crippen molar-refractivity contribution in [3.8, 4) is 0 Å². The topological polar surface area (TPSA) is 58.6 Å². The Labute approximate surface area is 170 Å². The van der Waals surface area contributed by atoms with Crippen molar-refractivity contribution in [2.24, 2.45) is 0 Å². The van der Waals surface area contributed by atoms with Crippen LogP contribution in [0.3, 0.4) is 0 Å². The minimum Gasteiger partial charge on any atom is -0.449 e. The molecule has 0 saturated heterocycles. The van der Waals surface area contributed by atoms with Crippen LogP contribution in [0.1, 0.15) is 24.0 Å². The minimum absolute atomic E-state index is 0.117. The number of anilines is 2. The Hall–Kier alpha value is -3.60. The number of amides is 2. The van der Waals surface area contributed by atoms with E-state index in [0.29, 0.717) is 18.0 Å². The second-order valence-corrected chi connectivity index (χ2v) is 6.55. The van der Waals surface area contributed by atoms with Gasteiger partial charge < -0.3 is 10.1 Å². The number of hydrogen-bond donors (Lipinski definition) is 1. The van der Waals surface area contributed by atoms with Crippen molar-refractivity contribution in [3.63, 3.8) is 0 Å². The van der Waals surface area contributed by atoms with Gasteiger partial charge in [0.2, 0.25) is 5.91 Å². The molecule has 0 aliphatic rings. The van der Waals surface area contributed by atoms with E-state index in [4.69, 9.17) is 4.74 Å².